The molecule has 1 atom stereocenters. The lowest BCUT2D eigenvalue weighted by atomic mass is 10.1. The quantitative estimate of drug-likeness (QED) is 0.521. The number of halogens is 1. The van der Waals surface area contributed by atoms with Gasteiger partial charge in [-0.15, -0.1) is 0 Å². The highest BCUT2D eigenvalue weighted by molar-refractivity contribution is 5.79. The predicted octanol–water partition coefficient (Wildman–Crippen LogP) is 2.25. The largest absolute Gasteiger partial charge is 0.344 e. The number of benzene rings is 1. The van der Waals surface area contributed by atoms with Crippen molar-refractivity contribution in [2.45, 2.75) is 33.2 Å². The third kappa shape index (κ3) is 3.71. The lowest BCUT2D eigenvalue weighted by molar-refractivity contribution is -0.121. The van der Waals surface area contributed by atoms with Crippen LogP contribution in [0.3, 0.4) is 0 Å². The fourth-order valence-corrected chi connectivity index (χ4v) is 3.25. The zero-order chi connectivity index (χ0) is 21.4. The summed E-state index contributed by atoms with van der Waals surface area (Å²) >= 11 is 0. The fraction of sp³-hybridized carbons (Fsp3) is 0.250. The van der Waals surface area contributed by atoms with Crippen LogP contribution >= 0.6 is 0 Å². The van der Waals surface area contributed by atoms with Crippen LogP contribution in [0.25, 0.3) is 17.0 Å². The van der Waals surface area contributed by atoms with Crippen LogP contribution in [0.15, 0.2) is 39.6 Å². The molecule has 154 valence electrons. The number of aryl methyl sites for hydroxylation is 2. The second-order valence-electron chi connectivity index (χ2n) is 7.00. The van der Waals surface area contributed by atoms with E-state index < -0.39 is 6.04 Å². The van der Waals surface area contributed by atoms with Gasteiger partial charge in [-0.05, 0) is 45.0 Å². The summed E-state index contributed by atoms with van der Waals surface area (Å²) in [6.07, 6.45) is 0.0735. The zero-order valence-electron chi connectivity index (χ0n) is 16.6. The summed E-state index contributed by atoms with van der Waals surface area (Å²) in [5, 5.41) is 9.37. The first-order valence-electron chi connectivity index (χ1n) is 9.28. The summed E-state index contributed by atoms with van der Waals surface area (Å²) in [4.78, 5) is 32.8. The fourth-order valence-electron chi connectivity index (χ4n) is 3.25. The average molecular weight is 410 g/mol. The summed E-state index contributed by atoms with van der Waals surface area (Å²) in [6.45, 7) is 5.34. The van der Waals surface area contributed by atoms with Crippen LogP contribution in [0.4, 0.5) is 4.39 Å². The molecule has 3 aromatic heterocycles. The van der Waals surface area contributed by atoms with Crippen LogP contribution < -0.4 is 10.9 Å². The molecule has 0 bridgehead atoms. The van der Waals surface area contributed by atoms with Gasteiger partial charge in [-0.2, -0.15) is 4.98 Å². The Kier molecular flexibility index (Phi) is 4.90. The molecule has 1 unspecified atom stereocenters. The highest BCUT2D eigenvalue weighted by Crippen LogP contribution is 2.19. The Labute approximate surface area is 169 Å². The smallest absolute Gasteiger partial charge is 0.266 e. The predicted molar refractivity (Wildman–Crippen MR) is 105 cm³/mol. The van der Waals surface area contributed by atoms with E-state index in [0.717, 1.165) is 11.3 Å². The molecular formula is C20H19FN6O3. The van der Waals surface area contributed by atoms with Gasteiger partial charge in [0.05, 0.1) is 6.42 Å². The van der Waals surface area contributed by atoms with Crippen LogP contribution in [0.2, 0.25) is 0 Å². The average Bonchev–Trinajstić information content (AvgIpc) is 3.32. The van der Waals surface area contributed by atoms with Crippen LogP contribution in [0.5, 0.6) is 0 Å². The molecule has 30 heavy (non-hydrogen) atoms. The molecule has 0 spiro atoms. The number of carbonyl (C=O) groups is 1. The van der Waals surface area contributed by atoms with Gasteiger partial charge in [-0.25, -0.2) is 13.9 Å². The summed E-state index contributed by atoms with van der Waals surface area (Å²) < 4.78 is 19.9. The lowest BCUT2D eigenvalue weighted by Gasteiger charge is -2.13. The minimum atomic E-state index is -0.525. The third-order valence-corrected chi connectivity index (χ3v) is 4.83. The van der Waals surface area contributed by atoms with Gasteiger partial charge in [0.25, 0.3) is 5.56 Å². The molecule has 0 radical (unpaired) electrons. The van der Waals surface area contributed by atoms with Gasteiger partial charge >= 0.3 is 0 Å². The number of carbonyl (C=O) groups excluding carboxylic acids is 1. The molecule has 1 amide bonds. The van der Waals surface area contributed by atoms with E-state index in [9.17, 15) is 14.0 Å². The van der Waals surface area contributed by atoms with Gasteiger partial charge in [0.1, 0.15) is 11.9 Å². The Morgan fingerprint density at radius 2 is 2.00 bits per heavy atom. The first-order chi connectivity index (χ1) is 14.3. The van der Waals surface area contributed by atoms with Crippen LogP contribution in [-0.2, 0) is 11.2 Å². The normalized spacial score (nSPS) is 12.3. The highest BCUT2D eigenvalue weighted by atomic mass is 19.1. The third-order valence-electron chi connectivity index (χ3n) is 4.83. The summed E-state index contributed by atoms with van der Waals surface area (Å²) in [7, 11) is 0. The first-order valence-corrected chi connectivity index (χ1v) is 9.28. The molecule has 0 saturated carbocycles. The monoisotopic (exact) mass is 410 g/mol. The van der Waals surface area contributed by atoms with Gasteiger partial charge in [-0.1, -0.05) is 5.16 Å². The summed E-state index contributed by atoms with van der Waals surface area (Å²) in [5.74, 6) is -0.0697. The Bertz CT molecular complexity index is 1290. The van der Waals surface area contributed by atoms with E-state index in [-0.39, 0.29) is 29.6 Å². The van der Waals surface area contributed by atoms with Crippen molar-refractivity contribution in [3.8, 4) is 11.4 Å². The van der Waals surface area contributed by atoms with Crippen molar-refractivity contribution >= 4 is 11.6 Å². The van der Waals surface area contributed by atoms with E-state index in [4.69, 9.17) is 4.52 Å². The molecule has 3 heterocycles. The number of aromatic amines is 1. The van der Waals surface area contributed by atoms with Gasteiger partial charge in [0, 0.05) is 28.6 Å². The van der Waals surface area contributed by atoms with Crippen molar-refractivity contribution in [2.24, 2.45) is 0 Å². The van der Waals surface area contributed by atoms with E-state index in [0.29, 0.717) is 22.7 Å². The number of nitrogens with zero attached hydrogens (tertiary/aromatic N) is 4. The molecular weight excluding hydrogens is 391 g/mol. The standard InChI is InChI=1S/C20H19FN6O3/c1-10-15(12(3)27-16(22-10)9-18(29)25-27)8-17(28)23-11(2)20-24-19(26-30-20)13-4-6-14(21)7-5-13/h4-7,9,11H,8H2,1-3H3,(H,23,28)(H,25,29). The van der Waals surface area contributed by atoms with Crippen molar-refractivity contribution in [1.82, 2.24) is 30.1 Å². The van der Waals surface area contributed by atoms with Gasteiger partial charge in [0.15, 0.2) is 5.65 Å². The number of rotatable bonds is 5. The molecule has 9 nitrogen and oxygen atoms in total. The van der Waals surface area contributed by atoms with Crippen molar-refractivity contribution in [3.05, 3.63) is 69.3 Å². The molecule has 0 saturated heterocycles. The minimum Gasteiger partial charge on any atom is -0.344 e. The number of nitrogens with one attached hydrogen (secondary N) is 2. The van der Waals surface area contributed by atoms with Gasteiger partial charge < -0.3 is 9.84 Å². The zero-order valence-corrected chi connectivity index (χ0v) is 16.6. The maximum Gasteiger partial charge on any atom is 0.266 e. The SMILES string of the molecule is Cc1nc2cc(=O)[nH]n2c(C)c1CC(=O)NC(C)c1nc(-c2ccc(F)cc2)no1. The van der Waals surface area contributed by atoms with Crippen molar-refractivity contribution < 1.29 is 13.7 Å². The van der Waals surface area contributed by atoms with E-state index in [1.807, 2.05) is 6.92 Å². The maximum atomic E-state index is 13.1. The molecule has 0 aliphatic heterocycles. The van der Waals surface area contributed by atoms with Crippen molar-refractivity contribution in [1.29, 1.82) is 0 Å². The summed E-state index contributed by atoms with van der Waals surface area (Å²) in [6, 6.07) is 6.60. The van der Waals surface area contributed by atoms with E-state index in [1.54, 1.807) is 30.5 Å². The number of aromatic nitrogens is 5. The van der Waals surface area contributed by atoms with E-state index in [2.05, 4.69) is 25.5 Å². The second kappa shape index (κ2) is 7.54. The molecule has 1 aromatic carbocycles. The Hall–Kier alpha value is -3.82. The Balaban J connectivity index is 1.49. The topological polar surface area (TPSA) is 118 Å². The van der Waals surface area contributed by atoms with Crippen LogP contribution in [-0.4, -0.2) is 30.6 Å². The lowest BCUT2D eigenvalue weighted by Crippen LogP contribution is -2.29. The number of hydrogen-bond acceptors (Lipinski definition) is 6. The molecule has 4 rings (SSSR count). The van der Waals surface area contributed by atoms with Crippen LogP contribution in [0, 0.1) is 19.7 Å². The minimum absolute atomic E-state index is 0.0735. The molecule has 2 N–H and O–H groups in total. The summed E-state index contributed by atoms with van der Waals surface area (Å²) in [5.41, 5.74) is 2.98. The second-order valence-corrected chi connectivity index (χ2v) is 7.00. The number of H-pyrrole nitrogens is 1. The van der Waals surface area contributed by atoms with Crippen LogP contribution in [0.1, 0.15) is 35.8 Å². The number of fused-ring (bicyclic) bond motifs is 1. The molecule has 0 aliphatic rings. The first kappa shape index (κ1) is 19.5. The van der Waals surface area contributed by atoms with Gasteiger partial charge in [-0.3, -0.25) is 14.7 Å². The number of hydrogen-bond donors (Lipinski definition) is 2. The van der Waals surface area contributed by atoms with E-state index >= 15 is 0 Å². The molecule has 4 aromatic rings. The highest BCUT2D eigenvalue weighted by Gasteiger charge is 2.20. The Morgan fingerprint density at radius 3 is 2.73 bits per heavy atom. The molecule has 0 fully saturated rings. The Morgan fingerprint density at radius 1 is 1.27 bits per heavy atom. The van der Waals surface area contributed by atoms with Gasteiger partial charge in [0.2, 0.25) is 17.6 Å². The molecule has 0 aliphatic carbocycles. The maximum absolute atomic E-state index is 13.1. The van der Waals surface area contributed by atoms with Crippen molar-refractivity contribution in [2.75, 3.05) is 0 Å². The van der Waals surface area contributed by atoms with Crippen molar-refractivity contribution in [3.63, 3.8) is 0 Å². The molecule has 10 heteroatoms. The van der Waals surface area contributed by atoms with E-state index in [1.165, 1.54) is 18.2 Å². The number of amides is 1.